The van der Waals surface area contributed by atoms with Crippen LogP contribution in [0.15, 0.2) is 58.3 Å². The molecule has 1 amide bonds. The maximum absolute atomic E-state index is 12.1. The van der Waals surface area contributed by atoms with E-state index in [0.29, 0.717) is 5.69 Å². The number of nitrogens with zero attached hydrogens (tertiary/aromatic N) is 2. The quantitative estimate of drug-likeness (QED) is 0.720. The van der Waals surface area contributed by atoms with Gasteiger partial charge in [0.2, 0.25) is 0 Å². The molecule has 0 bridgehead atoms. The van der Waals surface area contributed by atoms with Crippen LogP contribution in [0.1, 0.15) is 38.9 Å². The second-order valence-electron chi connectivity index (χ2n) is 6.62. The van der Waals surface area contributed by atoms with Crippen molar-refractivity contribution in [2.75, 3.05) is 11.9 Å². The summed E-state index contributed by atoms with van der Waals surface area (Å²) < 4.78 is 0. The summed E-state index contributed by atoms with van der Waals surface area (Å²) in [6.07, 6.45) is -0.0102. The van der Waals surface area contributed by atoms with E-state index in [1.807, 2.05) is 24.3 Å². The molecule has 1 aliphatic rings. The normalized spacial score (nSPS) is 16.2. The number of carbonyl (C=O) groups is 1. The molecule has 2 N–H and O–H groups in total. The van der Waals surface area contributed by atoms with Crippen molar-refractivity contribution >= 4 is 28.6 Å². The van der Waals surface area contributed by atoms with Crippen LogP contribution < -0.4 is 10.6 Å². The molecule has 1 aromatic heterocycles. The van der Waals surface area contributed by atoms with Crippen LogP contribution in [-0.4, -0.2) is 23.1 Å². The molecule has 136 valence electrons. The van der Waals surface area contributed by atoms with E-state index in [0.717, 1.165) is 23.5 Å². The molecule has 2 aromatic carbocycles. The number of carbonyl (C=O) groups excluding carboxylic acids is 1. The molecule has 4 rings (SSSR count). The predicted molar refractivity (Wildman–Crippen MR) is 110 cm³/mol. The van der Waals surface area contributed by atoms with Crippen molar-refractivity contribution in [2.45, 2.75) is 20.0 Å². The minimum atomic E-state index is -0.195. The number of nitrogens with one attached hydrogen (secondary N) is 2. The Morgan fingerprint density at radius 2 is 2.00 bits per heavy atom. The summed E-state index contributed by atoms with van der Waals surface area (Å²) in [5.74, 6) is -0.195. The SMILES string of the molecule is Cc1ccc(C)c(C2N=C(c3ccc(NC(=O)c4cscn4)cc3)CN2)c1. The minimum absolute atomic E-state index is 0.0102. The van der Waals surface area contributed by atoms with Crippen molar-refractivity contribution in [2.24, 2.45) is 4.99 Å². The summed E-state index contributed by atoms with van der Waals surface area (Å²) in [4.78, 5) is 21.0. The lowest BCUT2D eigenvalue weighted by Crippen LogP contribution is -2.18. The molecule has 0 aliphatic carbocycles. The lowest BCUT2D eigenvalue weighted by atomic mass is 10.0. The Morgan fingerprint density at radius 3 is 2.74 bits per heavy atom. The highest BCUT2D eigenvalue weighted by Gasteiger charge is 2.21. The van der Waals surface area contributed by atoms with E-state index in [9.17, 15) is 4.79 Å². The zero-order chi connectivity index (χ0) is 18.8. The molecular weight excluding hydrogens is 356 g/mol. The summed E-state index contributed by atoms with van der Waals surface area (Å²) in [5, 5.41) is 8.07. The molecule has 0 saturated carbocycles. The maximum Gasteiger partial charge on any atom is 0.275 e. The van der Waals surface area contributed by atoms with Crippen molar-refractivity contribution in [1.82, 2.24) is 10.3 Å². The van der Waals surface area contributed by atoms with Crippen LogP contribution in [0.2, 0.25) is 0 Å². The minimum Gasteiger partial charge on any atom is -0.321 e. The number of rotatable bonds is 4. The van der Waals surface area contributed by atoms with Crippen LogP contribution in [0.4, 0.5) is 5.69 Å². The van der Waals surface area contributed by atoms with Gasteiger partial charge in [0, 0.05) is 17.6 Å². The van der Waals surface area contributed by atoms with E-state index in [1.165, 1.54) is 28.0 Å². The van der Waals surface area contributed by atoms with E-state index >= 15 is 0 Å². The highest BCUT2D eigenvalue weighted by atomic mass is 32.1. The van der Waals surface area contributed by atoms with E-state index in [4.69, 9.17) is 4.99 Å². The molecule has 1 aliphatic heterocycles. The van der Waals surface area contributed by atoms with Crippen molar-refractivity contribution in [1.29, 1.82) is 0 Å². The molecule has 0 saturated heterocycles. The summed E-state index contributed by atoms with van der Waals surface area (Å²) in [6.45, 7) is 4.94. The maximum atomic E-state index is 12.1. The highest BCUT2D eigenvalue weighted by Crippen LogP contribution is 2.25. The Labute approximate surface area is 162 Å². The fraction of sp³-hybridized carbons (Fsp3) is 0.190. The first kappa shape index (κ1) is 17.6. The number of amides is 1. The van der Waals surface area contributed by atoms with Gasteiger partial charge in [-0.3, -0.25) is 15.1 Å². The molecule has 1 unspecified atom stereocenters. The van der Waals surface area contributed by atoms with E-state index in [1.54, 1.807) is 10.9 Å². The summed E-state index contributed by atoms with van der Waals surface area (Å²) in [5.41, 5.74) is 8.61. The summed E-state index contributed by atoms with van der Waals surface area (Å²) >= 11 is 1.40. The number of aryl methyl sites for hydroxylation is 2. The van der Waals surface area contributed by atoms with Gasteiger partial charge in [0.05, 0.1) is 11.2 Å². The molecule has 2 heterocycles. The first-order chi connectivity index (χ1) is 13.1. The number of benzene rings is 2. The molecule has 5 nitrogen and oxygen atoms in total. The van der Waals surface area contributed by atoms with Gasteiger partial charge in [-0.15, -0.1) is 11.3 Å². The van der Waals surface area contributed by atoms with Crippen molar-refractivity contribution in [3.8, 4) is 0 Å². The van der Waals surface area contributed by atoms with E-state index in [-0.39, 0.29) is 12.1 Å². The zero-order valence-corrected chi connectivity index (χ0v) is 16.0. The molecule has 1 atom stereocenters. The second-order valence-corrected chi connectivity index (χ2v) is 7.34. The molecule has 3 aromatic rings. The fourth-order valence-corrected chi connectivity index (χ4v) is 3.65. The van der Waals surface area contributed by atoms with Gasteiger partial charge in [0.15, 0.2) is 0 Å². The van der Waals surface area contributed by atoms with Gasteiger partial charge in [-0.1, -0.05) is 35.9 Å². The zero-order valence-electron chi connectivity index (χ0n) is 15.2. The molecule has 0 radical (unpaired) electrons. The molecular formula is C21H20N4OS. The van der Waals surface area contributed by atoms with Crippen LogP contribution in [-0.2, 0) is 0 Å². The second kappa shape index (κ2) is 7.42. The van der Waals surface area contributed by atoms with Crippen LogP contribution >= 0.6 is 11.3 Å². The summed E-state index contributed by atoms with van der Waals surface area (Å²) in [6, 6.07) is 14.2. The van der Waals surface area contributed by atoms with Gasteiger partial charge in [-0.05, 0) is 42.7 Å². The molecule has 27 heavy (non-hydrogen) atoms. The van der Waals surface area contributed by atoms with Crippen LogP contribution in [0.25, 0.3) is 0 Å². The lowest BCUT2D eigenvalue weighted by molar-refractivity contribution is 0.102. The van der Waals surface area contributed by atoms with Crippen LogP contribution in [0.5, 0.6) is 0 Å². The summed E-state index contributed by atoms with van der Waals surface area (Å²) in [7, 11) is 0. The number of aliphatic imine (C=N–C) groups is 1. The number of anilines is 1. The fourth-order valence-electron chi connectivity index (χ4n) is 3.12. The number of hydrogen-bond acceptors (Lipinski definition) is 5. The van der Waals surface area contributed by atoms with Gasteiger partial charge in [-0.2, -0.15) is 0 Å². The number of aromatic nitrogens is 1. The Morgan fingerprint density at radius 1 is 1.19 bits per heavy atom. The third-order valence-electron chi connectivity index (χ3n) is 4.62. The van der Waals surface area contributed by atoms with Crippen molar-refractivity contribution in [3.05, 3.63) is 81.3 Å². The first-order valence-corrected chi connectivity index (χ1v) is 9.71. The van der Waals surface area contributed by atoms with Gasteiger partial charge in [0.25, 0.3) is 5.91 Å². The van der Waals surface area contributed by atoms with Gasteiger partial charge >= 0.3 is 0 Å². The Balaban J connectivity index is 1.49. The predicted octanol–water partition coefficient (Wildman–Crippen LogP) is 4.10. The average Bonchev–Trinajstić information content (AvgIpc) is 3.36. The Kier molecular flexibility index (Phi) is 4.83. The largest absolute Gasteiger partial charge is 0.321 e. The topological polar surface area (TPSA) is 66.4 Å². The van der Waals surface area contributed by atoms with Crippen molar-refractivity contribution < 1.29 is 4.79 Å². The Hall–Kier alpha value is -2.83. The van der Waals surface area contributed by atoms with Gasteiger partial charge in [-0.25, -0.2) is 4.98 Å². The lowest BCUT2D eigenvalue weighted by Gasteiger charge is -2.12. The van der Waals surface area contributed by atoms with Crippen LogP contribution in [0.3, 0.4) is 0 Å². The number of hydrogen-bond donors (Lipinski definition) is 2. The molecule has 0 spiro atoms. The van der Waals surface area contributed by atoms with Crippen LogP contribution in [0, 0.1) is 13.8 Å². The molecule has 0 fully saturated rings. The highest BCUT2D eigenvalue weighted by molar-refractivity contribution is 7.07. The van der Waals surface area contributed by atoms with E-state index in [2.05, 4.69) is 47.7 Å². The Bertz CT molecular complexity index is 994. The van der Waals surface area contributed by atoms with Gasteiger partial charge in [0.1, 0.15) is 11.9 Å². The smallest absolute Gasteiger partial charge is 0.275 e. The van der Waals surface area contributed by atoms with Gasteiger partial charge < -0.3 is 5.32 Å². The average molecular weight is 376 g/mol. The first-order valence-electron chi connectivity index (χ1n) is 8.77. The standard InChI is InChI=1S/C21H20N4OS/c1-13-3-4-14(2)17(9-13)20-22-10-18(25-20)15-5-7-16(8-6-15)24-21(26)19-11-27-12-23-19/h3-9,11-12,20,22H,10H2,1-2H3,(H,24,26). The molecule has 6 heteroatoms. The monoisotopic (exact) mass is 376 g/mol. The third-order valence-corrected chi connectivity index (χ3v) is 5.20. The van der Waals surface area contributed by atoms with Crippen molar-refractivity contribution in [3.63, 3.8) is 0 Å². The third kappa shape index (κ3) is 3.82. The van der Waals surface area contributed by atoms with E-state index < -0.39 is 0 Å². The number of thiazole rings is 1.